The molecule has 0 aromatic rings. The van der Waals surface area contributed by atoms with E-state index in [1.165, 1.54) is 0 Å². The van der Waals surface area contributed by atoms with Crippen molar-refractivity contribution in [3.63, 3.8) is 0 Å². The number of alkyl carbamates (subject to hydrolysis) is 1. The van der Waals surface area contributed by atoms with Crippen LogP contribution in [-0.4, -0.2) is 30.3 Å². The zero-order chi connectivity index (χ0) is 13.8. The van der Waals surface area contributed by atoms with E-state index < -0.39 is 11.7 Å². The molecule has 0 unspecified atom stereocenters. The van der Waals surface area contributed by atoms with Crippen molar-refractivity contribution in [1.82, 2.24) is 5.32 Å². The second kappa shape index (κ2) is 6.07. The van der Waals surface area contributed by atoms with Crippen molar-refractivity contribution in [2.24, 2.45) is 5.92 Å². The average Bonchev–Trinajstić information content (AvgIpc) is 2.62. The lowest BCUT2D eigenvalue weighted by Crippen LogP contribution is -2.43. The van der Waals surface area contributed by atoms with E-state index in [9.17, 15) is 9.59 Å². The molecule has 104 valence electrons. The lowest BCUT2D eigenvalue weighted by molar-refractivity contribution is -0.148. The van der Waals surface area contributed by atoms with Crippen LogP contribution >= 0.6 is 0 Å². The first-order valence-electron chi connectivity index (χ1n) is 6.49. The number of rotatable bonds is 3. The second-order valence-electron chi connectivity index (χ2n) is 5.54. The SMILES string of the molecule is CCOC(=O)[C@H]1CCC[C@H]1NC(=O)OC(C)(C)C. The van der Waals surface area contributed by atoms with E-state index in [2.05, 4.69) is 5.32 Å². The molecule has 5 nitrogen and oxygen atoms in total. The number of ether oxygens (including phenoxy) is 2. The summed E-state index contributed by atoms with van der Waals surface area (Å²) in [5.74, 6) is -0.464. The molecule has 5 heteroatoms. The van der Waals surface area contributed by atoms with Crippen LogP contribution in [0, 0.1) is 5.92 Å². The van der Waals surface area contributed by atoms with Crippen LogP contribution in [0.15, 0.2) is 0 Å². The van der Waals surface area contributed by atoms with Crippen LogP contribution in [-0.2, 0) is 14.3 Å². The van der Waals surface area contributed by atoms with Crippen LogP contribution in [0.1, 0.15) is 47.0 Å². The van der Waals surface area contributed by atoms with Gasteiger partial charge in [-0.25, -0.2) is 4.79 Å². The van der Waals surface area contributed by atoms with E-state index in [0.29, 0.717) is 6.61 Å². The highest BCUT2D eigenvalue weighted by molar-refractivity contribution is 5.75. The van der Waals surface area contributed by atoms with Gasteiger partial charge in [-0.3, -0.25) is 4.79 Å². The van der Waals surface area contributed by atoms with Gasteiger partial charge in [-0.2, -0.15) is 0 Å². The topological polar surface area (TPSA) is 64.6 Å². The van der Waals surface area contributed by atoms with E-state index in [4.69, 9.17) is 9.47 Å². The van der Waals surface area contributed by atoms with Gasteiger partial charge in [-0.1, -0.05) is 6.42 Å². The Morgan fingerprint density at radius 3 is 2.50 bits per heavy atom. The van der Waals surface area contributed by atoms with Gasteiger partial charge in [0.2, 0.25) is 0 Å². The Kier molecular flexibility index (Phi) is 4.99. The molecule has 0 bridgehead atoms. The monoisotopic (exact) mass is 257 g/mol. The van der Waals surface area contributed by atoms with E-state index >= 15 is 0 Å². The van der Waals surface area contributed by atoms with Gasteiger partial charge >= 0.3 is 12.1 Å². The van der Waals surface area contributed by atoms with E-state index in [1.54, 1.807) is 6.92 Å². The number of carbonyl (C=O) groups is 2. The van der Waals surface area contributed by atoms with Crippen LogP contribution in [0.4, 0.5) is 4.79 Å². The maximum Gasteiger partial charge on any atom is 0.407 e. The average molecular weight is 257 g/mol. The fourth-order valence-electron chi connectivity index (χ4n) is 2.12. The third-order valence-corrected chi connectivity index (χ3v) is 2.81. The molecule has 1 aliphatic rings. The third-order valence-electron chi connectivity index (χ3n) is 2.81. The summed E-state index contributed by atoms with van der Waals surface area (Å²) in [5.41, 5.74) is -0.526. The van der Waals surface area contributed by atoms with Crippen molar-refractivity contribution in [3.05, 3.63) is 0 Å². The maximum absolute atomic E-state index is 11.7. The van der Waals surface area contributed by atoms with Crippen LogP contribution in [0.5, 0.6) is 0 Å². The molecule has 18 heavy (non-hydrogen) atoms. The number of amides is 1. The van der Waals surface area contributed by atoms with Gasteiger partial charge in [-0.05, 0) is 40.5 Å². The molecule has 2 atom stereocenters. The Labute approximate surface area is 108 Å². The van der Waals surface area contributed by atoms with Crippen LogP contribution in [0.2, 0.25) is 0 Å². The molecule has 0 radical (unpaired) electrons. The van der Waals surface area contributed by atoms with Crippen molar-refractivity contribution in [1.29, 1.82) is 0 Å². The van der Waals surface area contributed by atoms with Crippen molar-refractivity contribution in [2.75, 3.05) is 6.61 Å². The Morgan fingerprint density at radius 1 is 1.28 bits per heavy atom. The molecule has 1 amide bonds. The van der Waals surface area contributed by atoms with Crippen molar-refractivity contribution in [2.45, 2.75) is 58.6 Å². The first kappa shape index (κ1) is 14.8. The first-order chi connectivity index (χ1) is 8.33. The second-order valence-corrected chi connectivity index (χ2v) is 5.54. The predicted octanol–water partition coefficient (Wildman–Crippen LogP) is 2.24. The summed E-state index contributed by atoms with van der Waals surface area (Å²) in [5, 5.41) is 2.76. The summed E-state index contributed by atoms with van der Waals surface area (Å²) in [6.07, 6.45) is 2.01. The van der Waals surface area contributed by atoms with E-state index in [-0.39, 0.29) is 17.9 Å². The summed E-state index contributed by atoms with van der Waals surface area (Å²) < 4.78 is 10.2. The Bertz CT molecular complexity index is 309. The Morgan fingerprint density at radius 2 is 1.94 bits per heavy atom. The van der Waals surface area contributed by atoms with Gasteiger partial charge in [0.05, 0.1) is 12.5 Å². The molecule has 1 aliphatic carbocycles. The maximum atomic E-state index is 11.7. The fourth-order valence-corrected chi connectivity index (χ4v) is 2.12. The van der Waals surface area contributed by atoms with Gasteiger partial charge in [0.1, 0.15) is 5.60 Å². The molecule has 0 heterocycles. The largest absolute Gasteiger partial charge is 0.466 e. The van der Waals surface area contributed by atoms with E-state index in [1.807, 2.05) is 20.8 Å². The van der Waals surface area contributed by atoms with Crippen LogP contribution < -0.4 is 5.32 Å². The molecule has 0 saturated heterocycles. The van der Waals surface area contributed by atoms with Gasteiger partial charge in [0, 0.05) is 6.04 Å². The smallest absolute Gasteiger partial charge is 0.407 e. The fraction of sp³-hybridized carbons (Fsp3) is 0.846. The minimum Gasteiger partial charge on any atom is -0.466 e. The Balaban J connectivity index is 2.50. The van der Waals surface area contributed by atoms with Crippen LogP contribution in [0.3, 0.4) is 0 Å². The molecular formula is C13H23NO4. The molecule has 1 N–H and O–H groups in total. The number of hydrogen-bond acceptors (Lipinski definition) is 4. The lowest BCUT2D eigenvalue weighted by atomic mass is 10.0. The third kappa shape index (κ3) is 4.55. The number of esters is 1. The standard InChI is InChI=1S/C13H23NO4/c1-5-17-11(15)9-7-6-8-10(9)14-12(16)18-13(2,3)4/h9-10H,5-8H2,1-4H3,(H,14,16)/t9-,10+/m0/s1. The van der Waals surface area contributed by atoms with Crippen molar-refractivity contribution >= 4 is 12.1 Å². The highest BCUT2D eigenvalue weighted by Crippen LogP contribution is 2.27. The number of nitrogens with one attached hydrogen (secondary N) is 1. The van der Waals surface area contributed by atoms with E-state index in [0.717, 1.165) is 19.3 Å². The molecule has 0 spiro atoms. The van der Waals surface area contributed by atoms with Crippen LogP contribution in [0.25, 0.3) is 0 Å². The molecule has 1 rings (SSSR count). The summed E-state index contributed by atoms with van der Waals surface area (Å²) in [7, 11) is 0. The highest BCUT2D eigenvalue weighted by Gasteiger charge is 2.35. The zero-order valence-corrected chi connectivity index (χ0v) is 11.6. The molecule has 0 aromatic carbocycles. The highest BCUT2D eigenvalue weighted by atomic mass is 16.6. The minimum atomic E-state index is -0.526. The molecule has 1 fully saturated rings. The summed E-state index contributed by atoms with van der Waals surface area (Å²) in [6.45, 7) is 7.58. The van der Waals surface area contributed by atoms with Gasteiger partial charge in [0.15, 0.2) is 0 Å². The Hall–Kier alpha value is -1.26. The van der Waals surface area contributed by atoms with Crippen molar-refractivity contribution < 1.29 is 19.1 Å². The summed E-state index contributed by atoms with van der Waals surface area (Å²) in [6, 6.07) is -0.168. The zero-order valence-electron chi connectivity index (χ0n) is 11.6. The molecule has 0 aliphatic heterocycles. The van der Waals surface area contributed by atoms with Gasteiger partial charge in [0.25, 0.3) is 0 Å². The normalized spacial score (nSPS) is 23.6. The molecule has 1 saturated carbocycles. The number of carbonyl (C=O) groups excluding carboxylic acids is 2. The minimum absolute atomic E-state index is 0.168. The molecular weight excluding hydrogens is 234 g/mol. The first-order valence-corrected chi connectivity index (χ1v) is 6.49. The quantitative estimate of drug-likeness (QED) is 0.787. The summed E-state index contributed by atoms with van der Waals surface area (Å²) in [4.78, 5) is 23.4. The molecule has 0 aromatic heterocycles. The van der Waals surface area contributed by atoms with Gasteiger partial charge in [-0.15, -0.1) is 0 Å². The van der Waals surface area contributed by atoms with Gasteiger partial charge < -0.3 is 14.8 Å². The van der Waals surface area contributed by atoms with Crippen molar-refractivity contribution in [3.8, 4) is 0 Å². The lowest BCUT2D eigenvalue weighted by Gasteiger charge is -2.24. The predicted molar refractivity (Wildman–Crippen MR) is 67.1 cm³/mol. The number of hydrogen-bond donors (Lipinski definition) is 1. The summed E-state index contributed by atoms with van der Waals surface area (Å²) >= 11 is 0.